The van der Waals surface area contributed by atoms with Crippen molar-refractivity contribution in [2.75, 3.05) is 0 Å². The molecule has 0 aliphatic carbocycles. The molecule has 8 aromatic carbocycles. The monoisotopic (exact) mass is 1300 g/mol. The van der Waals surface area contributed by atoms with Gasteiger partial charge in [-0.25, -0.2) is 4.98 Å². The largest absolute Gasteiger partial charge is 0.507 e. The molecule has 85 heavy (non-hydrogen) atoms. The van der Waals surface area contributed by atoms with E-state index in [1.54, 1.807) is 0 Å². The van der Waals surface area contributed by atoms with Crippen LogP contribution in [0.15, 0.2) is 176 Å². The predicted molar refractivity (Wildman–Crippen MR) is 359 cm³/mol. The molecule has 10 rings (SSSR count). The van der Waals surface area contributed by atoms with Gasteiger partial charge in [-0.15, -0.1) is 29.3 Å². The number of phenolic OH excluding ortho intramolecular Hbond substituents is 1. The van der Waals surface area contributed by atoms with Crippen LogP contribution in [-0.2, 0) is 42.7 Å². The first-order valence-electron chi connectivity index (χ1n) is 31.5. The molecular formula is C80H88N3OPt-. The third-order valence-corrected chi connectivity index (χ3v) is 16.8. The zero-order chi connectivity index (χ0) is 63.1. The summed E-state index contributed by atoms with van der Waals surface area (Å²) in [5.74, 6) is 0.995. The Balaban J connectivity index is 0.00000922. The Morgan fingerprint density at radius 1 is 0.459 bits per heavy atom. The summed E-state index contributed by atoms with van der Waals surface area (Å²) < 4.78 is 28.4. The van der Waals surface area contributed by atoms with Crippen molar-refractivity contribution in [1.82, 2.24) is 14.5 Å². The number of imidazole rings is 1. The molecule has 2 heterocycles. The molecule has 0 atom stereocenters. The van der Waals surface area contributed by atoms with Crippen molar-refractivity contribution in [2.45, 2.75) is 159 Å². The maximum absolute atomic E-state index is 13.0. The molecule has 0 aliphatic rings. The second-order valence-corrected chi connectivity index (χ2v) is 29.7. The SMILES string of the molecule is [2H]C([2H])([2H])c1cc(C(C(C)(C)C)C(C)(C)C)ccc1-c1ccc(-c2ccnc(-c3[c-]c(-c4cccc5c4nc(-c4cc(C(C)(C)C)cc(C(C)(C)C)c4O)n5-c4c(-c5ccccc5)cc(C(C)(C)C)cc4-c4ccccc4)cc(C(C)(C)C)c3)c2)cc1.[Pt]. The van der Waals surface area contributed by atoms with Crippen LogP contribution < -0.4 is 0 Å². The molecule has 0 saturated carbocycles. The maximum Gasteiger partial charge on any atom is 0.148 e. The summed E-state index contributed by atoms with van der Waals surface area (Å²) in [5.41, 5.74) is 18.9. The zero-order valence-corrected chi connectivity index (χ0v) is 55.7. The van der Waals surface area contributed by atoms with Crippen LogP contribution in [0.25, 0.3) is 95.0 Å². The van der Waals surface area contributed by atoms with Crippen LogP contribution in [-0.4, -0.2) is 19.6 Å². The van der Waals surface area contributed by atoms with Crippen LogP contribution in [0.4, 0.5) is 0 Å². The first kappa shape index (κ1) is 58.3. The van der Waals surface area contributed by atoms with Crippen molar-refractivity contribution in [3.63, 3.8) is 0 Å². The average molecular weight is 1310 g/mol. The van der Waals surface area contributed by atoms with Crippen LogP contribution in [0, 0.1) is 23.7 Å². The van der Waals surface area contributed by atoms with Crippen molar-refractivity contribution < 1.29 is 30.3 Å². The molecule has 2 aromatic heterocycles. The fraction of sp³-hybridized carbons (Fsp3) is 0.325. The van der Waals surface area contributed by atoms with Crippen molar-refractivity contribution >= 4 is 11.0 Å². The maximum atomic E-state index is 13.0. The predicted octanol–water partition coefficient (Wildman–Crippen LogP) is 22.3. The van der Waals surface area contributed by atoms with E-state index in [9.17, 15) is 5.11 Å². The molecular weight excluding hydrogens is 1210 g/mol. The van der Waals surface area contributed by atoms with Crippen LogP contribution in [0.3, 0.4) is 0 Å². The van der Waals surface area contributed by atoms with Gasteiger partial charge in [0.15, 0.2) is 0 Å². The molecule has 0 saturated heterocycles. The van der Waals surface area contributed by atoms with Gasteiger partial charge in [-0.1, -0.05) is 263 Å². The summed E-state index contributed by atoms with van der Waals surface area (Å²) in [6.07, 6.45) is 1.86. The van der Waals surface area contributed by atoms with Crippen LogP contribution in [0.2, 0.25) is 0 Å². The number of phenols is 1. The van der Waals surface area contributed by atoms with Gasteiger partial charge >= 0.3 is 0 Å². The number of benzene rings is 8. The van der Waals surface area contributed by atoms with Gasteiger partial charge in [0.1, 0.15) is 11.6 Å². The van der Waals surface area contributed by atoms with Gasteiger partial charge in [-0.05, 0) is 131 Å². The fourth-order valence-electron chi connectivity index (χ4n) is 12.7. The molecule has 0 spiro atoms. The van der Waals surface area contributed by atoms with Crippen molar-refractivity contribution in [2.24, 2.45) is 10.8 Å². The molecule has 0 unspecified atom stereocenters. The average Bonchev–Trinajstić information content (AvgIpc) is 1.64. The van der Waals surface area contributed by atoms with Crippen LogP contribution in [0.1, 0.15) is 168 Å². The van der Waals surface area contributed by atoms with E-state index in [0.717, 1.165) is 100 Å². The van der Waals surface area contributed by atoms with E-state index < -0.39 is 12.3 Å². The molecule has 10 aromatic rings. The number of nitrogens with zero attached hydrogens (tertiary/aromatic N) is 3. The molecule has 1 N–H and O–H groups in total. The number of hydrogen-bond donors (Lipinski definition) is 1. The van der Waals surface area contributed by atoms with Gasteiger partial charge in [-0.2, -0.15) is 0 Å². The minimum atomic E-state index is -2.30. The van der Waals surface area contributed by atoms with Gasteiger partial charge in [0.05, 0.1) is 22.3 Å². The number of para-hydroxylation sites is 1. The third kappa shape index (κ3) is 12.7. The number of rotatable bonds is 9. The quantitative estimate of drug-likeness (QED) is 0.147. The van der Waals surface area contributed by atoms with Crippen molar-refractivity contribution in [3.8, 4) is 89.7 Å². The Labute approximate surface area is 527 Å². The third-order valence-electron chi connectivity index (χ3n) is 16.8. The number of aromatic hydroxyl groups is 1. The summed E-state index contributed by atoms with van der Waals surface area (Å²) in [4.78, 5) is 10.9. The summed E-state index contributed by atoms with van der Waals surface area (Å²) >= 11 is 0. The Morgan fingerprint density at radius 3 is 1.52 bits per heavy atom. The normalized spacial score (nSPS) is 13.4. The van der Waals surface area contributed by atoms with Gasteiger partial charge in [0.2, 0.25) is 0 Å². The molecule has 5 heteroatoms. The first-order valence-corrected chi connectivity index (χ1v) is 30.0. The fourth-order valence-corrected chi connectivity index (χ4v) is 12.7. The Bertz CT molecular complexity index is 4110. The number of fused-ring (bicyclic) bond motifs is 1. The molecule has 0 aliphatic heterocycles. The molecule has 0 bridgehead atoms. The number of aromatic nitrogens is 3. The summed E-state index contributed by atoms with van der Waals surface area (Å²) in [6.45, 7) is 37.8. The summed E-state index contributed by atoms with van der Waals surface area (Å²) in [5, 5.41) is 13.0. The number of hydrogen-bond acceptors (Lipinski definition) is 3. The minimum absolute atomic E-state index is 0. The summed E-state index contributed by atoms with van der Waals surface area (Å²) in [6, 6.07) is 63.7. The van der Waals surface area contributed by atoms with E-state index in [2.05, 4.69) is 275 Å². The molecule has 0 fully saturated rings. The molecule has 4 nitrogen and oxygen atoms in total. The topological polar surface area (TPSA) is 50.9 Å². The Hall–Kier alpha value is -7.13. The first-order chi connectivity index (χ1) is 40.5. The van der Waals surface area contributed by atoms with Gasteiger partial charge in [-0.3, -0.25) is 9.55 Å². The van der Waals surface area contributed by atoms with Crippen LogP contribution in [0.5, 0.6) is 5.75 Å². The number of pyridine rings is 1. The van der Waals surface area contributed by atoms with Gasteiger partial charge in [0.25, 0.3) is 0 Å². The van der Waals surface area contributed by atoms with E-state index in [-0.39, 0.29) is 59.8 Å². The zero-order valence-electron chi connectivity index (χ0n) is 56.4. The van der Waals surface area contributed by atoms with Crippen LogP contribution >= 0.6 is 0 Å². The number of aryl methyl sites for hydroxylation is 1. The second kappa shape index (κ2) is 22.9. The standard InChI is InChI=1S/C80H88N3O.Pt/c1-50-41-56(73(79(14,15)16)80(17,18)19)37-38-62(50)54-35-33-51(34-36-54)55-39-40-81-68(45-55)58-42-57(43-59(44-58)75(2,3)4)63-31-26-32-69-70(63)82-74(66-48-61(77(8,9)10)49-67(72(66)84)78(11,12)13)83(69)71-64(52-27-22-20-23-28-52)46-60(76(5,6)7)47-65(71)53-29-24-21-25-30-53;/h20-41,43-49,73,84H,1-19H3;/q-1;/i1D3;. The van der Waals surface area contributed by atoms with E-state index in [0.29, 0.717) is 22.5 Å². The minimum Gasteiger partial charge on any atom is -0.507 e. The van der Waals surface area contributed by atoms with Crippen molar-refractivity contribution in [3.05, 3.63) is 216 Å². The Morgan fingerprint density at radius 2 is 0.976 bits per heavy atom. The Kier molecular flexibility index (Phi) is 15.7. The molecule has 440 valence electrons. The second-order valence-electron chi connectivity index (χ2n) is 29.7. The molecule has 0 amide bonds. The van der Waals surface area contributed by atoms with E-state index in [1.165, 1.54) is 5.56 Å². The van der Waals surface area contributed by atoms with E-state index in [1.807, 2.05) is 36.5 Å². The molecule has 0 radical (unpaired) electrons. The van der Waals surface area contributed by atoms with E-state index >= 15 is 0 Å². The summed E-state index contributed by atoms with van der Waals surface area (Å²) in [7, 11) is 0. The van der Waals surface area contributed by atoms with Gasteiger partial charge < -0.3 is 5.11 Å². The van der Waals surface area contributed by atoms with Crippen molar-refractivity contribution in [1.29, 1.82) is 0 Å². The smallest absolute Gasteiger partial charge is 0.148 e. The van der Waals surface area contributed by atoms with E-state index in [4.69, 9.17) is 14.1 Å². The van der Waals surface area contributed by atoms with Gasteiger partial charge in [0, 0.05) is 53.8 Å².